The Hall–Kier alpha value is -2.72. The summed E-state index contributed by atoms with van der Waals surface area (Å²) in [5, 5.41) is 0. The summed E-state index contributed by atoms with van der Waals surface area (Å²) >= 11 is 0. The lowest BCUT2D eigenvalue weighted by Crippen LogP contribution is -2.24. The van der Waals surface area contributed by atoms with Crippen LogP contribution in [0.3, 0.4) is 0 Å². The molecule has 0 aliphatic heterocycles. The van der Waals surface area contributed by atoms with Crippen molar-refractivity contribution in [3.63, 3.8) is 0 Å². The maximum absolute atomic E-state index is 11.5. The Labute approximate surface area is 98.5 Å². The molecule has 0 radical (unpaired) electrons. The van der Waals surface area contributed by atoms with Gasteiger partial charge in [-0.05, 0) is 5.56 Å². The van der Waals surface area contributed by atoms with Gasteiger partial charge in [-0.3, -0.25) is 0 Å². The zero-order valence-corrected chi connectivity index (χ0v) is 8.75. The second-order valence-electron chi connectivity index (χ2n) is 2.92. The number of hydrogen-bond acceptors (Lipinski definition) is 4. The standard InChI is InChI=1S/C13H8O4/c1-3-16-12(14)11(13(15)17-4-2)10-8-6-5-7-9-10/h1-2,5-9,11H. The van der Waals surface area contributed by atoms with Gasteiger partial charge in [0.1, 0.15) is 12.2 Å². The predicted molar refractivity (Wildman–Crippen MR) is 59.0 cm³/mol. The van der Waals surface area contributed by atoms with E-state index in [4.69, 9.17) is 12.8 Å². The second-order valence-corrected chi connectivity index (χ2v) is 2.92. The molecule has 0 saturated carbocycles. The summed E-state index contributed by atoms with van der Waals surface area (Å²) < 4.78 is 8.69. The highest BCUT2D eigenvalue weighted by atomic mass is 16.5. The van der Waals surface area contributed by atoms with Crippen LogP contribution in [-0.4, -0.2) is 11.9 Å². The lowest BCUT2D eigenvalue weighted by molar-refractivity contribution is -0.149. The molecule has 0 aliphatic rings. The first kappa shape index (κ1) is 12.4. The van der Waals surface area contributed by atoms with Crippen LogP contribution in [-0.2, 0) is 19.1 Å². The van der Waals surface area contributed by atoms with Crippen molar-refractivity contribution in [3.8, 4) is 25.1 Å². The summed E-state index contributed by atoms with van der Waals surface area (Å²) in [5.41, 5.74) is 0.396. The molecular formula is C13H8O4. The fourth-order valence-electron chi connectivity index (χ4n) is 1.25. The molecule has 4 nitrogen and oxygen atoms in total. The Morgan fingerprint density at radius 1 is 1.00 bits per heavy atom. The van der Waals surface area contributed by atoms with Crippen LogP contribution in [0.5, 0.6) is 0 Å². The van der Waals surface area contributed by atoms with E-state index in [1.165, 1.54) is 0 Å². The summed E-state index contributed by atoms with van der Waals surface area (Å²) in [4.78, 5) is 23.1. The maximum atomic E-state index is 11.5. The van der Waals surface area contributed by atoms with E-state index in [0.29, 0.717) is 5.56 Å². The Balaban J connectivity index is 3.04. The second kappa shape index (κ2) is 5.99. The third kappa shape index (κ3) is 3.12. The number of carbonyl (C=O) groups is 2. The minimum Gasteiger partial charge on any atom is -0.372 e. The van der Waals surface area contributed by atoms with Crippen LogP contribution in [0, 0.1) is 25.1 Å². The van der Waals surface area contributed by atoms with Crippen molar-refractivity contribution < 1.29 is 19.1 Å². The molecule has 1 rings (SSSR count). The molecule has 0 amide bonds. The van der Waals surface area contributed by atoms with Crippen LogP contribution in [0.15, 0.2) is 30.3 Å². The minimum atomic E-state index is -1.27. The molecule has 0 unspecified atom stereocenters. The molecule has 0 aliphatic carbocycles. The summed E-state index contributed by atoms with van der Waals surface area (Å²) in [6, 6.07) is 8.20. The molecule has 17 heavy (non-hydrogen) atoms. The van der Waals surface area contributed by atoms with E-state index in [-0.39, 0.29) is 0 Å². The molecule has 4 heteroatoms. The average Bonchev–Trinajstić information content (AvgIpc) is 2.31. The van der Waals surface area contributed by atoms with Gasteiger partial charge in [-0.15, -0.1) is 0 Å². The van der Waals surface area contributed by atoms with E-state index in [1.54, 1.807) is 42.5 Å². The lowest BCUT2D eigenvalue weighted by Gasteiger charge is -2.10. The van der Waals surface area contributed by atoms with Crippen LogP contribution in [0.1, 0.15) is 11.5 Å². The number of rotatable bonds is 3. The minimum absolute atomic E-state index is 0.396. The Bertz CT molecular complexity index is 462. The molecular weight excluding hydrogens is 220 g/mol. The number of hydrogen-bond donors (Lipinski definition) is 0. The van der Waals surface area contributed by atoms with Crippen molar-refractivity contribution in [3.05, 3.63) is 35.9 Å². The van der Waals surface area contributed by atoms with Crippen molar-refractivity contribution in [1.29, 1.82) is 0 Å². The quantitative estimate of drug-likeness (QED) is 0.440. The van der Waals surface area contributed by atoms with Crippen LogP contribution in [0.4, 0.5) is 0 Å². The highest BCUT2D eigenvalue weighted by molar-refractivity contribution is 6.01. The van der Waals surface area contributed by atoms with Crippen LogP contribution in [0.25, 0.3) is 0 Å². The molecule has 1 aromatic rings. The van der Waals surface area contributed by atoms with Crippen LogP contribution < -0.4 is 0 Å². The van der Waals surface area contributed by atoms with Crippen molar-refractivity contribution in [1.82, 2.24) is 0 Å². The lowest BCUT2D eigenvalue weighted by atomic mass is 10.00. The predicted octanol–water partition coefficient (Wildman–Crippen LogP) is 1.04. The van der Waals surface area contributed by atoms with Crippen LogP contribution in [0.2, 0.25) is 0 Å². The number of benzene rings is 1. The molecule has 0 fully saturated rings. The van der Waals surface area contributed by atoms with E-state index in [2.05, 4.69) is 9.47 Å². The molecule has 0 aromatic heterocycles. The summed E-state index contributed by atoms with van der Waals surface area (Å²) in [6.07, 6.45) is 13.1. The Kier molecular flexibility index (Phi) is 4.35. The van der Waals surface area contributed by atoms with Gasteiger partial charge in [-0.2, -0.15) is 0 Å². The van der Waals surface area contributed by atoms with E-state index in [9.17, 15) is 9.59 Å². The van der Waals surface area contributed by atoms with E-state index >= 15 is 0 Å². The fraction of sp³-hybridized carbons (Fsp3) is 0.0769. The molecule has 0 atom stereocenters. The summed E-state index contributed by atoms with van der Waals surface area (Å²) in [5.74, 6) is -3.08. The number of ether oxygens (including phenoxy) is 2. The normalized spacial score (nSPS) is 8.88. The van der Waals surface area contributed by atoms with Gasteiger partial charge in [0.05, 0.1) is 0 Å². The number of terminal acetylenes is 2. The van der Waals surface area contributed by atoms with E-state index in [1.807, 2.05) is 0 Å². The third-order valence-corrected chi connectivity index (χ3v) is 1.92. The summed E-state index contributed by atoms with van der Waals surface area (Å²) in [6.45, 7) is 0. The number of esters is 2. The first-order valence-corrected chi connectivity index (χ1v) is 4.58. The van der Waals surface area contributed by atoms with Gasteiger partial charge in [0.15, 0.2) is 5.92 Å². The van der Waals surface area contributed by atoms with Gasteiger partial charge >= 0.3 is 11.9 Å². The highest BCUT2D eigenvalue weighted by Gasteiger charge is 2.31. The molecule has 84 valence electrons. The monoisotopic (exact) mass is 228 g/mol. The first-order valence-electron chi connectivity index (χ1n) is 4.58. The molecule has 0 bridgehead atoms. The van der Waals surface area contributed by atoms with Crippen molar-refractivity contribution in [2.45, 2.75) is 5.92 Å². The van der Waals surface area contributed by atoms with Gasteiger partial charge in [-0.25, -0.2) is 9.59 Å². The molecule has 1 aromatic carbocycles. The Morgan fingerprint density at radius 2 is 1.47 bits per heavy atom. The SMILES string of the molecule is C#COC(=O)C(C(=O)OC#C)c1ccccc1. The van der Waals surface area contributed by atoms with Crippen molar-refractivity contribution in [2.24, 2.45) is 0 Å². The third-order valence-electron chi connectivity index (χ3n) is 1.92. The molecule has 0 spiro atoms. The van der Waals surface area contributed by atoms with E-state index in [0.717, 1.165) is 0 Å². The topological polar surface area (TPSA) is 52.6 Å². The molecule has 0 heterocycles. The van der Waals surface area contributed by atoms with Crippen molar-refractivity contribution >= 4 is 11.9 Å². The van der Waals surface area contributed by atoms with Gasteiger partial charge < -0.3 is 9.47 Å². The maximum Gasteiger partial charge on any atom is 0.338 e. The van der Waals surface area contributed by atoms with Crippen LogP contribution >= 0.6 is 0 Å². The van der Waals surface area contributed by atoms with Crippen molar-refractivity contribution in [2.75, 3.05) is 0 Å². The van der Waals surface area contributed by atoms with E-state index < -0.39 is 17.9 Å². The summed E-state index contributed by atoms with van der Waals surface area (Å²) in [7, 11) is 0. The number of carbonyl (C=O) groups excluding carboxylic acids is 2. The average molecular weight is 228 g/mol. The first-order chi connectivity index (χ1) is 8.20. The molecule has 0 saturated heterocycles. The largest absolute Gasteiger partial charge is 0.372 e. The van der Waals surface area contributed by atoms with Gasteiger partial charge in [0.25, 0.3) is 0 Å². The Morgan fingerprint density at radius 3 is 1.88 bits per heavy atom. The smallest absolute Gasteiger partial charge is 0.338 e. The van der Waals surface area contributed by atoms with Gasteiger partial charge in [0, 0.05) is 0 Å². The zero-order valence-electron chi connectivity index (χ0n) is 8.75. The molecule has 0 N–H and O–H groups in total. The highest BCUT2D eigenvalue weighted by Crippen LogP contribution is 2.18. The van der Waals surface area contributed by atoms with Gasteiger partial charge in [-0.1, -0.05) is 43.2 Å². The van der Waals surface area contributed by atoms with Gasteiger partial charge in [0.2, 0.25) is 0 Å². The zero-order chi connectivity index (χ0) is 12.7. The fourth-order valence-corrected chi connectivity index (χ4v) is 1.25.